The number of thiazole rings is 1. The van der Waals surface area contributed by atoms with Crippen molar-refractivity contribution < 1.29 is 0 Å². The Hall–Kier alpha value is -0.410. The van der Waals surface area contributed by atoms with E-state index in [-0.39, 0.29) is 0 Å². The molecule has 1 aromatic heterocycles. The first kappa shape index (κ1) is 15.6. The number of nitrogens with zero attached hydrogens (tertiary/aromatic N) is 1. The number of hydrogen-bond donors (Lipinski definition) is 1. The van der Waals surface area contributed by atoms with Crippen molar-refractivity contribution in [2.75, 3.05) is 6.54 Å². The van der Waals surface area contributed by atoms with E-state index < -0.39 is 0 Å². The van der Waals surface area contributed by atoms with Crippen molar-refractivity contribution in [2.45, 2.75) is 66.3 Å². The number of aryl methyl sites for hydroxylation is 2. The Morgan fingerprint density at radius 3 is 2.28 bits per heavy atom. The van der Waals surface area contributed by atoms with Gasteiger partial charge in [-0.05, 0) is 32.2 Å². The lowest BCUT2D eigenvalue weighted by Crippen LogP contribution is -2.28. The zero-order valence-electron chi connectivity index (χ0n) is 12.5. The Kier molecular flexibility index (Phi) is 6.87. The zero-order chi connectivity index (χ0) is 13.5. The van der Waals surface area contributed by atoms with Gasteiger partial charge >= 0.3 is 0 Å². The summed E-state index contributed by atoms with van der Waals surface area (Å²) in [4.78, 5) is 6.24. The smallest absolute Gasteiger partial charge is 0.110 e. The minimum atomic E-state index is 0.448. The summed E-state index contributed by atoms with van der Waals surface area (Å²) in [5, 5.41) is 5.00. The second-order valence-corrected chi connectivity index (χ2v) is 6.15. The molecular weight excluding hydrogens is 240 g/mol. The summed E-state index contributed by atoms with van der Waals surface area (Å²) in [5.41, 5.74) is 1.28. The van der Waals surface area contributed by atoms with E-state index in [2.05, 4.69) is 39.9 Å². The fourth-order valence-corrected chi connectivity index (χ4v) is 3.61. The maximum atomic E-state index is 4.85. The van der Waals surface area contributed by atoms with Crippen molar-refractivity contribution in [1.82, 2.24) is 10.3 Å². The third-order valence-corrected chi connectivity index (χ3v) is 4.74. The molecular formula is C15H28N2S. The van der Waals surface area contributed by atoms with Crippen LogP contribution in [-0.2, 0) is 6.42 Å². The average Bonchev–Trinajstić information content (AvgIpc) is 2.75. The number of nitrogens with one attached hydrogen (secondary N) is 1. The Morgan fingerprint density at radius 2 is 1.83 bits per heavy atom. The van der Waals surface area contributed by atoms with Gasteiger partial charge in [0.1, 0.15) is 5.01 Å². The van der Waals surface area contributed by atoms with Crippen LogP contribution in [0.5, 0.6) is 0 Å². The van der Waals surface area contributed by atoms with Gasteiger partial charge in [-0.25, -0.2) is 4.98 Å². The fraction of sp³-hybridized carbons (Fsp3) is 0.800. The second kappa shape index (κ2) is 7.90. The predicted octanol–water partition coefficient (Wildman–Crippen LogP) is 4.49. The van der Waals surface area contributed by atoms with E-state index in [0.717, 1.165) is 13.0 Å². The molecule has 0 aliphatic heterocycles. The van der Waals surface area contributed by atoms with E-state index in [0.29, 0.717) is 12.0 Å². The Morgan fingerprint density at radius 1 is 1.17 bits per heavy atom. The van der Waals surface area contributed by atoms with Crippen LogP contribution in [0.4, 0.5) is 0 Å². The van der Waals surface area contributed by atoms with Gasteiger partial charge < -0.3 is 5.32 Å². The molecule has 1 N–H and O–H groups in total. The Bertz CT molecular complexity index is 342. The summed E-state index contributed by atoms with van der Waals surface area (Å²) in [6, 6.07) is 0.448. The minimum absolute atomic E-state index is 0.448. The van der Waals surface area contributed by atoms with E-state index in [4.69, 9.17) is 4.98 Å². The van der Waals surface area contributed by atoms with Gasteiger partial charge in [0.2, 0.25) is 0 Å². The van der Waals surface area contributed by atoms with E-state index in [1.54, 1.807) is 0 Å². The van der Waals surface area contributed by atoms with Gasteiger partial charge in [-0.3, -0.25) is 0 Å². The van der Waals surface area contributed by atoms with Crippen LogP contribution in [0.3, 0.4) is 0 Å². The lowest BCUT2D eigenvalue weighted by atomic mass is 9.94. The van der Waals surface area contributed by atoms with Crippen molar-refractivity contribution in [3.63, 3.8) is 0 Å². The molecule has 0 amide bonds. The molecule has 1 aromatic rings. The highest BCUT2D eigenvalue weighted by molar-refractivity contribution is 7.11. The first-order valence-corrected chi connectivity index (χ1v) is 8.18. The third-order valence-electron chi connectivity index (χ3n) is 3.64. The molecule has 0 spiro atoms. The fourth-order valence-electron chi connectivity index (χ4n) is 2.43. The van der Waals surface area contributed by atoms with Gasteiger partial charge in [0.25, 0.3) is 0 Å². The van der Waals surface area contributed by atoms with Gasteiger partial charge in [0.05, 0.1) is 11.7 Å². The van der Waals surface area contributed by atoms with Crippen LogP contribution in [-0.4, -0.2) is 11.5 Å². The average molecular weight is 268 g/mol. The second-order valence-electron chi connectivity index (χ2n) is 4.92. The summed E-state index contributed by atoms with van der Waals surface area (Å²) in [6.45, 7) is 12.3. The molecule has 0 aliphatic carbocycles. The molecule has 0 aliphatic rings. The van der Waals surface area contributed by atoms with Crippen molar-refractivity contribution in [2.24, 2.45) is 5.92 Å². The normalized spacial score (nSPS) is 13.2. The summed E-state index contributed by atoms with van der Waals surface area (Å²) in [7, 11) is 0. The lowest BCUT2D eigenvalue weighted by molar-refractivity contribution is 0.340. The van der Waals surface area contributed by atoms with Gasteiger partial charge in [-0.2, -0.15) is 0 Å². The van der Waals surface area contributed by atoms with Gasteiger partial charge in [-0.1, -0.05) is 40.5 Å². The molecule has 0 saturated heterocycles. The van der Waals surface area contributed by atoms with Gasteiger partial charge in [0.15, 0.2) is 0 Å². The quantitative estimate of drug-likeness (QED) is 0.751. The Balaban J connectivity index is 2.92. The van der Waals surface area contributed by atoms with Crippen molar-refractivity contribution >= 4 is 11.3 Å². The molecule has 18 heavy (non-hydrogen) atoms. The third kappa shape index (κ3) is 3.79. The van der Waals surface area contributed by atoms with Crippen LogP contribution in [0, 0.1) is 12.8 Å². The molecule has 0 radical (unpaired) electrons. The molecule has 1 atom stereocenters. The molecule has 104 valence electrons. The highest BCUT2D eigenvalue weighted by Crippen LogP contribution is 2.31. The van der Waals surface area contributed by atoms with Crippen LogP contribution in [0.1, 0.15) is 68.6 Å². The van der Waals surface area contributed by atoms with Gasteiger partial charge in [0, 0.05) is 4.88 Å². The number of aromatic nitrogens is 1. The molecule has 2 nitrogen and oxygen atoms in total. The van der Waals surface area contributed by atoms with Crippen molar-refractivity contribution in [1.29, 1.82) is 0 Å². The SMILES string of the molecule is CCCNC(c1nc(CC)c(C)s1)C(CC)CC. The minimum Gasteiger partial charge on any atom is -0.308 e. The molecule has 0 aromatic carbocycles. The number of hydrogen-bond acceptors (Lipinski definition) is 3. The van der Waals surface area contributed by atoms with Crippen molar-refractivity contribution in [3.05, 3.63) is 15.6 Å². The van der Waals surface area contributed by atoms with Gasteiger partial charge in [-0.15, -0.1) is 11.3 Å². The summed E-state index contributed by atoms with van der Waals surface area (Å²) < 4.78 is 0. The Labute approximate surface area is 116 Å². The van der Waals surface area contributed by atoms with E-state index >= 15 is 0 Å². The molecule has 1 rings (SSSR count). The monoisotopic (exact) mass is 268 g/mol. The molecule has 3 heteroatoms. The van der Waals surface area contributed by atoms with Crippen LogP contribution in [0.2, 0.25) is 0 Å². The van der Waals surface area contributed by atoms with Crippen LogP contribution in [0.15, 0.2) is 0 Å². The molecule has 0 bridgehead atoms. The zero-order valence-corrected chi connectivity index (χ0v) is 13.4. The standard InChI is InChI=1S/C15H28N2S/c1-6-10-16-14(12(7-2)8-3)15-17-13(9-4)11(5)18-15/h12,14,16H,6-10H2,1-5H3. The molecule has 0 fully saturated rings. The van der Waals surface area contributed by atoms with E-state index in [1.807, 2.05) is 11.3 Å². The summed E-state index contributed by atoms with van der Waals surface area (Å²) >= 11 is 1.88. The topological polar surface area (TPSA) is 24.9 Å². The first-order valence-electron chi connectivity index (χ1n) is 7.37. The number of rotatable bonds is 8. The largest absolute Gasteiger partial charge is 0.308 e. The van der Waals surface area contributed by atoms with Crippen LogP contribution < -0.4 is 5.32 Å². The maximum absolute atomic E-state index is 4.85. The van der Waals surface area contributed by atoms with Crippen molar-refractivity contribution in [3.8, 4) is 0 Å². The molecule has 0 saturated carbocycles. The molecule has 1 unspecified atom stereocenters. The van der Waals surface area contributed by atoms with Crippen LogP contribution in [0.25, 0.3) is 0 Å². The summed E-state index contributed by atoms with van der Waals surface area (Å²) in [5.74, 6) is 0.701. The first-order chi connectivity index (χ1) is 8.67. The van der Waals surface area contributed by atoms with E-state index in [1.165, 1.54) is 34.8 Å². The summed E-state index contributed by atoms with van der Waals surface area (Å²) in [6.07, 6.45) is 4.67. The van der Waals surface area contributed by atoms with E-state index in [9.17, 15) is 0 Å². The highest BCUT2D eigenvalue weighted by Gasteiger charge is 2.23. The lowest BCUT2D eigenvalue weighted by Gasteiger charge is -2.24. The maximum Gasteiger partial charge on any atom is 0.110 e. The highest BCUT2D eigenvalue weighted by atomic mass is 32.1. The predicted molar refractivity (Wildman–Crippen MR) is 81.3 cm³/mol. The van der Waals surface area contributed by atoms with Crippen LogP contribution >= 0.6 is 11.3 Å². The molecule has 1 heterocycles.